The molecule has 3 N–H and O–H groups in total. The molecule has 0 radical (unpaired) electrons. The Hall–Kier alpha value is -3.84. The number of allylic oxidation sites excluding steroid dienone is 1. The number of fused-ring (bicyclic) bond motifs is 1. The van der Waals surface area contributed by atoms with E-state index in [-0.39, 0.29) is 11.9 Å². The third-order valence-corrected chi connectivity index (χ3v) is 6.77. The largest absolute Gasteiger partial charge is 0.369 e. The van der Waals surface area contributed by atoms with E-state index in [1.165, 1.54) is 6.08 Å². The maximum atomic E-state index is 11.9. The lowest BCUT2D eigenvalue weighted by molar-refractivity contribution is -0.111. The van der Waals surface area contributed by atoms with Crippen LogP contribution in [0.5, 0.6) is 0 Å². The number of halogens is 1. The molecule has 5 rings (SSSR count). The summed E-state index contributed by atoms with van der Waals surface area (Å²) in [6.45, 7) is 5.65. The lowest BCUT2D eigenvalue weighted by Gasteiger charge is -2.35. The molecule has 0 saturated carbocycles. The summed E-state index contributed by atoms with van der Waals surface area (Å²) in [6, 6.07) is 14.5. The van der Waals surface area contributed by atoms with Gasteiger partial charge in [-0.25, -0.2) is 9.97 Å². The molecule has 2 aromatic heterocycles. The quantitative estimate of drug-likeness (QED) is 0.275. The molecule has 0 unspecified atom stereocenters. The monoisotopic (exact) mass is 500 g/mol. The first-order chi connectivity index (χ1) is 17.5. The number of H-pyrrole nitrogens is 1. The van der Waals surface area contributed by atoms with E-state index in [9.17, 15) is 4.79 Å². The fourth-order valence-corrected chi connectivity index (χ4v) is 4.91. The molecule has 1 fully saturated rings. The number of rotatable bonds is 6. The van der Waals surface area contributed by atoms with Gasteiger partial charge in [0.15, 0.2) is 0 Å². The van der Waals surface area contributed by atoms with Gasteiger partial charge in [0.25, 0.3) is 0 Å². The highest BCUT2D eigenvalue weighted by atomic mass is 35.5. The maximum absolute atomic E-state index is 11.9. The normalized spacial score (nSPS) is 16.0. The van der Waals surface area contributed by atoms with E-state index in [0.717, 1.165) is 59.3 Å². The average Bonchev–Trinajstić information content (AvgIpc) is 3.31. The van der Waals surface area contributed by atoms with Gasteiger partial charge in [-0.3, -0.25) is 4.79 Å². The van der Waals surface area contributed by atoms with Gasteiger partial charge in [-0.2, -0.15) is 0 Å². The van der Waals surface area contributed by atoms with Gasteiger partial charge in [0, 0.05) is 53.2 Å². The Kier molecular flexibility index (Phi) is 6.91. The summed E-state index contributed by atoms with van der Waals surface area (Å²) in [4.78, 5) is 26.8. The summed E-state index contributed by atoms with van der Waals surface area (Å²) in [5.41, 5.74) is 5.72. The highest BCUT2D eigenvalue weighted by Gasteiger charge is 2.22. The standard InChI is InChI=1S/C28H29ClN6O/c1-3-7-26(36)33-24-12-11-20(14-18(24)2)35-13-6-8-19(17-35)32-28-31-16-23(29)27(34-28)22-15-30-25-10-5-4-9-21(22)25/h3-5,7,9-12,14-16,19,30H,6,8,13,17H2,1-2H3,(H,33,36)(H,31,32,34)/b7-3+/t19-/m1/s1. The third kappa shape index (κ3) is 5.06. The molecule has 1 amide bonds. The first kappa shape index (κ1) is 23.9. The highest BCUT2D eigenvalue weighted by molar-refractivity contribution is 6.33. The van der Waals surface area contributed by atoms with E-state index in [2.05, 4.69) is 43.7 Å². The molecular formula is C28H29ClN6O. The summed E-state index contributed by atoms with van der Waals surface area (Å²) in [7, 11) is 0. The molecule has 1 saturated heterocycles. The minimum absolute atomic E-state index is 0.120. The van der Waals surface area contributed by atoms with E-state index in [0.29, 0.717) is 16.7 Å². The highest BCUT2D eigenvalue weighted by Crippen LogP contribution is 2.33. The second-order valence-electron chi connectivity index (χ2n) is 9.06. The van der Waals surface area contributed by atoms with Gasteiger partial charge in [0.1, 0.15) is 0 Å². The molecule has 0 aliphatic carbocycles. The molecule has 0 bridgehead atoms. The number of carbonyl (C=O) groups excluding carboxylic acids is 1. The van der Waals surface area contributed by atoms with Crippen molar-refractivity contribution in [1.82, 2.24) is 15.0 Å². The summed E-state index contributed by atoms with van der Waals surface area (Å²) < 4.78 is 0. The average molecular weight is 501 g/mol. The summed E-state index contributed by atoms with van der Waals surface area (Å²) >= 11 is 6.51. The molecule has 2 aromatic carbocycles. The van der Waals surface area contributed by atoms with Gasteiger partial charge in [0.05, 0.1) is 16.9 Å². The Labute approximate surface area is 215 Å². The van der Waals surface area contributed by atoms with Crippen LogP contribution in [0.1, 0.15) is 25.3 Å². The van der Waals surface area contributed by atoms with Crippen LogP contribution in [0, 0.1) is 6.92 Å². The number of nitrogens with one attached hydrogen (secondary N) is 3. The zero-order valence-corrected chi connectivity index (χ0v) is 21.1. The lowest BCUT2D eigenvalue weighted by Crippen LogP contribution is -2.42. The van der Waals surface area contributed by atoms with Gasteiger partial charge in [0.2, 0.25) is 11.9 Å². The number of hydrogen-bond donors (Lipinski definition) is 3. The van der Waals surface area contributed by atoms with Crippen molar-refractivity contribution in [1.29, 1.82) is 0 Å². The van der Waals surface area contributed by atoms with E-state index < -0.39 is 0 Å². The number of benzene rings is 2. The van der Waals surface area contributed by atoms with E-state index in [1.54, 1.807) is 12.3 Å². The van der Waals surface area contributed by atoms with Crippen LogP contribution in [0.3, 0.4) is 0 Å². The summed E-state index contributed by atoms with van der Waals surface area (Å²) in [5.74, 6) is 0.454. The molecule has 3 heterocycles. The molecule has 4 aromatic rings. The number of hydrogen-bond acceptors (Lipinski definition) is 5. The van der Waals surface area contributed by atoms with Gasteiger partial charge in [-0.05, 0) is 62.6 Å². The van der Waals surface area contributed by atoms with Crippen molar-refractivity contribution in [2.24, 2.45) is 0 Å². The minimum Gasteiger partial charge on any atom is -0.369 e. The SMILES string of the molecule is C/C=C/C(=O)Nc1ccc(N2CCC[C@@H](Nc3ncc(Cl)c(-c4c[nH]c5ccccc45)n3)C2)cc1C. The van der Waals surface area contributed by atoms with Crippen molar-refractivity contribution in [2.45, 2.75) is 32.7 Å². The van der Waals surface area contributed by atoms with Crippen LogP contribution in [-0.2, 0) is 4.79 Å². The lowest BCUT2D eigenvalue weighted by atomic mass is 10.0. The van der Waals surface area contributed by atoms with Crippen molar-refractivity contribution in [3.05, 3.63) is 77.6 Å². The molecule has 1 atom stereocenters. The number of aromatic nitrogens is 3. The van der Waals surface area contributed by atoms with E-state index in [4.69, 9.17) is 16.6 Å². The fraction of sp³-hybridized carbons (Fsp3) is 0.250. The molecule has 7 nitrogen and oxygen atoms in total. The Morgan fingerprint density at radius 3 is 2.94 bits per heavy atom. The second kappa shape index (κ2) is 10.4. The Bertz CT molecular complexity index is 1430. The summed E-state index contributed by atoms with van der Waals surface area (Å²) in [5, 5.41) is 8.05. The second-order valence-corrected chi connectivity index (χ2v) is 9.46. The van der Waals surface area contributed by atoms with Crippen LogP contribution >= 0.6 is 11.6 Å². The van der Waals surface area contributed by atoms with Gasteiger partial charge in [-0.15, -0.1) is 0 Å². The fourth-order valence-electron chi connectivity index (χ4n) is 4.72. The van der Waals surface area contributed by atoms with Crippen molar-refractivity contribution >= 4 is 45.7 Å². The molecular weight excluding hydrogens is 472 g/mol. The third-order valence-electron chi connectivity index (χ3n) is 6.49. The van der Waals surface area contributed by atoms with Crippen LogP contribution < -0.4 is 15.5 Å². The van der Waals surface area contributed by atoms with Crippen molar-refractivity contribution in [3.63, 3.8) is 0 Å². The zero-order chi connectivity index (χ0) is 25.1. The molecule has 0 spiro atoms. The van der Waals surface area contributed by atoms with Crippen LogP contribution in [-0.4, -0.2) is 40.0 Å². The number of anilines is 3. The van der Waals surface area contributed by atoms with Gasteiger partial charge >= 0.3 is 0 Å². The molecule has 1 aliphatic rings. The molecule has 1 aliphatic heterocycles. The molecule has 184 valence electrons. The van der Waals surface area contributed by atoms with Crippen LogP contribution in [0.15, 0.2) is 67.0 Å². The number of aryl methyl sites for hydroxylation is 1. The smallest absolute Gasteiger partial charge is 0.248 e. The summed E-state index contributed by atoms with van der Waals surface area (Å²) in [6.07, 6.45) is 8.95. The number of para-hydroxylation sites is 1. The van der Waals surface area contributed by atoms with Crippen LogP contribution in [0.25, 0.3) is 22.2 Å². The molecule has 8 heteroatoms. The van der Waals surface area contributed by atoms with E-state index in [1.807, 2.05) is 44.3 Å². The van der Waals surface area contributed by atoms with Crippen molar-refractivity contribution < 1.29 is 4.79 Å². The van der Waals surface area contributed by atoms with Crippen molar-refractivity contribution in [2.75, 3.05) is 28.6 Å². The van der Waals surface area contributed by atoms with E-state index >= 15 is 0 Å². The van der Waals surface area contributed by atoms with Crippen LogP contribution in [0.2, 0.25) is 5.02 Å². The topological polar surface area (TPSA) is 85.9 Å². The predicted octanol–water partition coefficient (Wildman–Crippen LogP) is 6.18. The van der Waals surface area contributed by atoms with Gasteiger partial charge < -0.3 is 20.5 Å². The molecule has 36 heavy (non-hydrogen) atoms. The Balaban J connectivity index is 1.31. The zero-order valence-electron chi connectivity index (χ0n) is 20.4. The number of carbonyl (C=O) groups is 1. The predicted molar refractivity (Wildman–Crippen MR) is 148 cm³/mol. The maximum Gasteiger partial charge on any atom is 0.248 e. The first-order valence-electron chi connectivity index (χ1n) is 12.2. The number of nitrogens with zero attached hydrogens (tertiary/aromatic N) is 3. The Morgan fingerprint density at radius 1 is 1.25 bits per heavy atom. The van der Waals surface area contributed by atoms with Crippen molar-refractivity contribution in [3.8, 4) is 11.3 Å². The Morgan fingerprint density at radius 2 is 2.11 bits per heavy atom. The minimum atomic E-state index is -0.120. The first-order valence-corrected chi connectivity index (χ1v) is 12.5. The number of piperidine rings is 1. The van der Waals surface area contributed by atoms with Gasteiger partial charge in [-0.1, -0.05) is 35.9 Å². The van der Waals surface area contributed by atoms with Crippen LogP contribution in [0.4, 0.5) is 17.3 Å². The number of aromatic amines is 1. The number of amides is 1.